The number of benzene rings is 1. The molecular formula is C14H19FN2O2. The van der Waals surface area contributed by atoms with E-state index in [0.29, 0.717) is 25.3 Å². The Kier molecular flexibility index (Phi) is 4.50. The number of halogens is 1. The van der Waals surface area contributed by atoms with Gasteiger partial charge >= 0.3 is 0 Å². The van der Waals surface area contributed by atoms with Gasteiger partial charge < -0.3 is 15.4 Å². The van der Waals surface area contributed by atoms with Crippen LogP contribution in [0.4, 0.5) is 4.39 Å². The molecule has 0 radical (unpaired) electrons. The Bertz CT molecular complexity index is 453. The van der Waals surface area contributed by atoms with Crippen LogP contribution in [0.25, 0.3) is 0 Å². The topological polar surface area (TPSA) is 55.6 Å². The molecule has 1 fully saturated rings. The second kappa shape index (κ2) is 6.12. The zero-order chi connectivity index (χ0) is 13.8. The van der Waals surface area contributed by atoms with Crippen molar-refractivity contribution in [2.45, 2.75) is 25.5 Å². The number of rotatable bonds is 3. The van der Waals surface area contributed by atoms with E-state index in [1.54, 1.807) is 17.0 Å². The monoisotopic (exact) mass is 266 g/mol. The van der Waals surface area contributed by atoms with Crippen LogP contribution >= 0.6 is 0 Å². The van der Waals surface area contributed by atoms with Crippen LogP contribution in [0.1, 0.15) is 12.5 Å². The lowest BCUT2D eigenvalue weighted by Crippen LogP contribution is -2.53. The molecular weight excluding hydrogens is 247 g/mol. The number of hydrogen-bond donors (Lipinski definition) is 1. The first-order chi connectivity index (χ1) is 9.10. The van der Waals surface area contributed by atoms with Gasteiger partial charge in [0.25, 0.3) is 0 Å². The van der Waals surface area contributed by atoms with E-state index in [1.807, 2.05) is 6.92 Å². The van der Waals surface area contributed by atoms with E-state index in [1.165, 1.54) is 12.1 Å². The lowest BCUT2D eigenvalue weighted by Gasteiger charge is -2.37. The Hall–Kier alpha value is -1.46. The molecule has 0 bridgehead atoms. The highest BCUT2D eigenvalue weighted by Gasteiger charge is 2.28. The third-order valence-corrected chi connectivity index (χ3v) is 3.33. The summed E-state index contributed by atoms with van der Waals surface area (Å²) in [6.45, 7) is 3.34. The number of morpholine rings is 1. The van der Waals surface area contributed by atoms with E-state index >= 15 is 0 Å². The number of carbonyl (C=O) groups is 1. The number of hydrogen-bond acceptors (Lipinski definition) is 3. The summed E-state index contributed by atoms with van der Waals surface area (Å²) in [5, 5.41) is 0. The highest BCUT2D eigenvalue weighted by atomic mass is 19.1. The predicted octanol–water partition coefficient (Wildman–Crippen LogP) is 0.943. The summed E-state index contributed by atoms with van der Waals surface area (Å²) in [4.78, 5) is 14.0. The fourth-order valence-corrected chi connectivity index (χ4v) is 2.23. The van der Waals surface area contributed by atoms with E-state index < -0.39 is 0 Å². The largest absolute Gasteiger partial charge is 0.373 e. The molecule has 2 unspecified atom stereocenters. The second-order valence-corrected chi connectivity index (χ2v) is 4.89. The molecule has 4 nitrogen and oxygen atoms in total. The normalized spacial score (nSPS) is 23.4. The van der Waals surface area contributed by atoms with E-state index in [9.17, 15) is 9.18 Å². The Morgan fingerprint density at radius 1 is 1.58 bits per heavy atom. The third kappa shape index (κ3) is 3.52. The standard InChI is InChI=1S/C14H19FN2O2/c1-10-9-19-13(7-16)8-17(10)14(18)6-11-3-2-4-12(15)5-11/h2-5,10,13H,6-9,16H2,1H3. The zero-order valence-electron chi connectivity index (χ0n) is 11.0. The summed E-state index contributed by atoms with van der Waals surface area (Å²) in [6, 6.07) is 6.17. The first kappa shape index (κ1) is 14.0. The van der Waals surface area contributed by atoms with Crippen molar-refractivity contribution < 1.29 is 13.9 Å². The average Bonchev–Trinajstić information content (AvgIpc) is 2.39. The van der Waals surface area contributed by atoms with Gasteiger partial charge in [0.2, 0.25) is 5.91 Å². The van der Waals surface area contributed by atoms with Gasteiger partial charge in [-0.3, -0.25) is 4.79 Å². The minimum absolute atomic E-state index is 0.0140. The quantitative estimate of drug-likeness (QED) is 0.886. The molecule has 0 aromatic heterocycles. The predicted molar refractivity (Wildman–Crippen MR) is 70.1 cm³/mol. The van der Waals surface area contributed by atoms with Crippen LogP contribution in [0.2, 0.25) is 0 Å². The zero-order valence-corrected chi connectivity index (χ0v) is 11.0. The number of amides is 1. The van der Waals surface area contributed by atoms with Gasteiger partial charge in [0.15, 0.2) is 0 Å². The SMILES string of the molecule is CC1COC(CN)CN1C(=O)Cc1cccc(F)c1. The lowest BCUT2D eigenvalue weighted by molar-refractivity contribution is -0.142. The Morgan fingerprint density at radius 2 is 2.37 bits per heavy atom. The van der Waals surface area contributed by atoms with Crippen LogP contribution in [0.15, 0.2) is 24.3 Å². The minimum atomic E-state index is -0.319. The van der Waals surface area contributed by atoms with Crippen molar-refractivity contribution in [1.82, 2.24) is 4.90 Å². The fourth-order valence-electron chi connectivity index (χ4n) is 2.23. The van der Waals surface area contributed by atoms with Crippen LogP contribution in [0.3, 0.4) is 0 Å². The molecule has 2 rings (SSSR count). The molecule has 2 N–H and O–H groups in total. The van der Waals surface area contributed by atoms with Crippen molar-refractivity contribution in [1.29, 1.82) is 0 Å². The first-order valence-corrected chi connectivity index (χ1v) is 6.45. The smallest absolute Gasteiger partial charge is 0.227 e. The molecule has 1 aromatic rings. The van der Waals surface area contributed by atoms with Gasteiger partial charge in [0.05, 0.1) is 25.2 Å². The number of carbonyl (C=O) groups excluding carboxylic acids is 1. The van der Waals surface area contributed by atoms with E-state index in [4.69, 9.17) is 10.5 Å². The van der Waals surface area contributed by atoms with Gasteiger partial charge in [-0.25, -0.2) is 4.39 Å². The summed E-state index contributed by atoms with van der Waals surface area (Å²) < 4.78 is 18.6. The summed E-state index contributed by atoms with van der Waals surface area (Å²) in [5.74, 6) is -0.333. The summed E-state index contributed by atoms with van der Waals surface area (Å²) >= 11 is 0. The molecule has 0 spiro atoms. The maximum absolute atomic E-state index is 13.1. The molecule has 1 amide bonds. The molecule has 1 aliphatic rings. The van der Waals surface area contributed by atoms with Crippen molar-refractivity contribution in [2.75, 3.05) is 19.7 Å². The van der Waals surface area contributed by atoms with Crippen molar-refractivity contribution in [3.8, 4) is 0 Å². The van der Waals surface area contributed by atoms with Crippen molar-refractivity contribution >= 4 is 5.91 Å². The lowest BCUT2D eigenvalue weighted by atomic mass is 10.1. The van der Waals surface area contributed by atoms with Gasteiger partial charge in [-0.1, -0.05) is 12.1 Å². The molecule has 2 atom stereocenters. The molecule has 1 aliphatic heterocycles. The number of nitrogens with two attached hydrogens (primary N) is 1. The molecule has 0 saturated carbocycles. The highest BCUT2D eigenvalue weighted by molar-refractivity contribution is 5.79. The molecule has 19 heavy (non-hydrogen) atoms. The first-order valence-electron chi connectivity index (χ1n) is 6.45. The fraction of sp³-hybridized carbons (Fsp3) is 0.500. The average molecular weight is 266 g/mol. The van der Waals surface area contributed by atoms with Gasteiger partial charge in [-0.05, 0) is 24.6 Å². The van der Waals surface area contributed by atoms with Crippen LogP contribution in [0, 0.1) is 5.82 Å². The van der Waals surface area contributed by atoms with Gasteiger partial charge in [-0.15, -0.1) is 0 Å². The summed E-state index contributed by atoms with van der Waals surface area (Å²) in [5.41, 5.74) is 6.26. The summed E-state index contributed by atoms with van der Waals surface area (Å²) in [6.07, 6.45) is 0.104. The maximum atomic E-state index is 13.1. The van der Waals surface area contributed by atoms with Crippen LogP contribution in [-0.2, 0) is 16.0 Å². The van der Waals surface area contributed by atoms with Crippen LogP contribution in [-0.4, -0.2) is 42.6 Å². The molecule has 1 aromatic carbocycles. The Labute approximate surface area is 112 Å². The van der Waals surface area contributed by atoms with Crippen molar-refractivity contribution in [2.24, 2.45) is 5.73 Å². The number of nitrogens with zero attached hydrogens (tertiary/aromatic N) is 1. The van der Waals surface area contributed by atoms with E-state index in [2.05, 4.69) is 0 Å². The van der Waals surface area contributed by atoms with Crippen LogP contribution in [0.5, 0.6) is 0 Å². The second-order valence-electron chi connectivity index (χ2n) is 4.89. The molecule has 104 valence electrons. The van der Waals surface area contributed by atoms with Gasteiger partial charge in [0, 0.05) is 13.1 Å². The van der Waals surface area contributed by atoms with Gasteiger partial charge in [0.1, 0.15) is 5.82 Å². The van der Waals surface area contributed by atoms with Crippen molar-refractivity contribution in [3.05, 3.63) is 35.6 Å². The van der Waals surface area contributed by atoms with E-state index in [0.717, 1.165) is 0 Å². The Morgan fingerprint density at radius 3 is 3.05 bits per heavy atom. The summed E-state index contributed by atoms with van der Waals surface area (Å²) in [7, 11) is 0. The van der Waals surface area contributed by atoms with Gasteiger partial charge in [-0.2, -0.15) is 0 Å². The van der Waals surface area contributed by atoms with Crippen LogP contribution < -0.4 is 5.73 Å². The van der Waals surface area contributed by atoms with E-state index in [-0.39, 0.29) is 30.3 Å². The molecule has 0 aliphatic carbocycles. The Balaban J connectivity index is 2.02. The maximum Gasteiger partial charge on any atom is 0.227 e. The molecule has 1 saturated heterocycles. The number of ether oxygens (including phenoxy) is 1. The highest BCUT2D eigenvalue weighted by Crippen LogP contribution is 2.14. The third-order valence-electron chi connectivity index (χ3n) is 3.33. The van der Waals surface area contributed by atoms with Crippen molar-refractivity contribution in [3.63, 3.8) is 0 Å². The minimum Gasteiger partial charge on any atom is -0.373 e. The molecule has 5 heteroatoms. The molecule has 1 heterocycles.